The van der Waals surface area contributed by atoms with E-state index in [0.717, 1.165) is 70.5 Å². The van der Waals surface area contributed by atoms with Crippen LogP contribution in [0.25, 0.3) is 11.0 Å². The fraction of sp³-hybridized carbons (Fsp3) is 0.552. The van der Waals surface area contributed by atoms with Crippen LogP contribution < -0.4 is 14.2 Å². The summed E-state index contributed by atoms with van der Waals surface area (Å²) in [6.07, 6.45) is 7.20. The van der Waals surface area contributed by atoms with Crippen molar-refractivity contribution in [3.05, 3.63) is 47.2 Å². The van der Waals surface area contributed by atoms with Gasteiger partial charge in [0, 0.05) is 30.1 Å². The molecule has 0 atom stereocenters. The lowest BCUT2D eigenvalue weighted by molar-refractivity contribution is 0.270. The van der Waals surface area contributed by atoms with Crippen LogP contribution in [0.4, 0.5) is 0 Å². The Hall–Kier alpha value is -2.71. The van der Waals surface area contributed by atoms with Gasteiger partial charge in [-0.3, -0.25) is 4.90 Å². The van der Waals surface area contributed by atoms with Gasteiger partial charge >= 0.3 is 0 Å². The van der Waals surface area contributed by atoms with E-state index >= 15 is 0 Å². The average Bonchev–Trinajstić information content (AvgIpc) is 3.65. The molecule has 198 valence electrons. The molecule has 2 aliphatic rings. The molecule has 2 fully saturated rings. The van der Waals surface area contributed by atoms with Gasteiger partial charge in [-0.2, -0.15) is 0 Å². The normalized spacial score (nSPS) is 17.0. The second-order valence-corrected chi connectivity index (χ2v) is 10.9. The van der Waals surface area contributed by atoms with Crippen molar-refractivity contribution < 1.29 is 18.7 Å². The largest absolute Gasteiger partial charge is 0.497 e. The Kier molecular flexibility index (Phi) is 8.25. The van der Waals surface area contributed by atoms with Gasteiger partial charge in [-0.1, -0.05) is 11.2 Å². The first kappa shape index (κ1) is 25.9. The summed E-state index contributed by atoms with van der Waals surface area (Å²) in [6.45, 7) is 4.58. The Labute approximate surface area is 221 Å². The molecule has 0 unspecified atom stereocenters. The molecule has 1 saturated heterocycles. The molecule has 1 saturated carbocycles. The number of piperidine rings is 1. The molecule has 3 aromatic rings. The second-order valence-electron chi connectivity index (χ2n) is 10.9. The lowest BCUT2D eigenvalue weighted by atomic mass is 9.90. The molecule has 2 heterocycles. The summed E-state index contributed by atoms with van der Waals surface area (Å²) >= 11 is 0. The molecule has 0 amide bonds. The molecular weight excluding hydrogens is 465 g/mol. The van der Waals surface area contributed by atoms with Crippen LogP contribution in [0.15, 0.2) is 34.9 Å². The van der Waals surface area contributed by atoms with E-state index in [0.29, 0.717) is 12.5 Å². The maximum Gasteiger partial charge on any atom is 0.185 e. The first-order valence-corrected chi connectivity index (χ1v) is 13.6. The summed E-state index contributed by atoms with van der Waals surface area (Å²) in [5.74, 6) is 3.98. The highest BCUT2D eigenvalue weighted by atomic mass is 16.5. The van der Waals surface area contributed by atoms with Crippen LogP contribution in [0.1, 0.15) is 48.9 Å². The van der Waals surface area contributed by atoms with E-state index in [4.69, 9.17) is 18.7 Å². The van der Waals surface area contributed by atoms with Crippen molar-refractivity contribution >= 4 is 19.0 Å². The van der Waals surface area contributed by atoms with Gasteiger partial charge in [0.25, 0.3) is 0 Å². The van der Waals surface area contributed by atoms with E-state index < -0.39 is 0 Å². The minimum absolute atomic E-state index is 0.685. The van der Waals surface area contributed by atoms with Gasteiger partial charge in [-0.15, -0.1) is 0 Å². The number of benzene rings is 2. The molecule has 1 aliphatic heterocycles. The molecular formula is C29H40BN3O4. The number of aryl methyl sites for hydroxylation is 1. The lowest BCUT2D eigenvalue weighted by Crippen LogP contribution is -2.31. The highest BCUT2D eigenvalue weighted by Crippen LogP contribution is 2.36. The summed E-state index contributed by atoms with van der Waals surface area (Å²) < 4.78 is 23.3. The van der Waals surface area contributed by atoms with Crippen LogP contribution in [-0.2, 0) is 19.5 Å². The van der Waals surface area contributed by atoms with Crippen LogP contribution in [0.5, 0.6) is 17.2 Å². The first-order valence-electron chi connectivity index (χ1n) is 13.6. The maximum atomic E-state index is 6.31. The fourth-order valence-corrected chi connectivity index (χ4v) is 5.34. The summed E-state index contributed by atoms with van der Waals surface area (Å²) in [5.41, 5.74) is 4.12. The summed E-state index contributed by atoms with van der Waals surface area (Å²) in [6, 6.07) is 10.2. The van der Waals surface area contributed by atoms with E-state index in [1.54, 1.807) is 14.2 Å². The van der Waals surface area contributed by atoms with E-state index in [-0.39, 0.29) is 0 Å². The first-order chi connectivity index (χ1) is 18.0. The van der Waals surface area contributed by atoms with Gasteiger partial charge in [-0.05, 0) is 88.7 Å². The van der Waals surface area contributed by atoms with Crippen LogP contribution in [0.2, 0.25) is 0 Å². The van der Waals surface area contributed by atoms with Gasteiger partial charge in [0.1, 0.15) is 17.2 Å². The van der Waals surface area contributed by atoms with Crippen LogP contribution in [0, 0.1) is 11.8 Å². The molecule has 0 spiro atoms. The molecule has 0 N–H and O–H groups in total. The number of fused-ring (bicyclic) bond motifs is 1. The standard InChI is InChI=1S/C29H40BN3O4/c1-32(17-22-7-8-23(34-2)16-28(22)35-3)18-25-27(36-19-21-4-5-21)11-9-24-26(31-37-29(24)25)10-6-20-12-14-33(30)15-13-20/h7-9,11,16,20-21H,4-6,10,12-15,17-19,30H2,1-3H3. The highest BCUT2D eigenvalue weighted by molar-refractivity contribution is 6.04. The Morgan fingerprint density at radius 2 is 1.81 bits per heavy atom. The molecule has 0 bridgehead atoms. The maximum absolute atomic E-state index is 6.31. The Morgan fingerprint density at radius 3 is 2.54 bits per heavy atom. The third-order valence-corrected chi connectivity index (χ3v) is 7.94. The molecule has 0 radical (unpaired) electrons. The molecule has 1 aromatic heterocycles. The Balaban J connectivity index is 1.34. The van der Waals surface area contributed by atoms with E-state index in [1.807, 2.05) is 12.1 Å². The van der Waals surface area contributed by atoms with Gasteiger partial charge in [-0.25, -0.2) is 0 Å². The van der Waals surface area contributed by atoms with Gasteiger partial charge < -0.3 is 23.5 Å². The van der Waals surface area contributed by atoms with Crippen molar-refractivity contribution in [1.29, 1.82) is 0 Å². The van der Waals surface area contributed by atoms with Gasteiger partial charge in [0.2, 0.25) is 0 Å². The third-order valence-electron chi connectivity index (χ3n) is 7.94. The molecule has 37 heavy (non-hydrogen) atoms. The topological polar surface area (TPSA) is 60.2 Å². The smallest absolute Gasteiger partial charge is 0.185 e. The number of methoxy groups -OCH3 is 2. The molecule has 5 rings (SSSR count). The summed E-state index contributed by atoms with van der Waals surface area (Å²) in [7, 11) is 7.70. The van der Waals surface area contributed by atoms with Crippen molar-refractivity contribution in [3.8, 4) is 17.2 Å². The number of nitrogens with zero attached hydrogens (tertiary/aromatic N) is 3. The van der Waals surface area contributed by atoms with Crippen molar-refractivity contribution in [3.63, 3.8) is 0 Å². The average molecular weight is 505 g/mol. The number of hydrogen-bond donors (Lipinski definition) is 0. The van der Waals surface area contributed by atoms with E-state index in [2.05, 4.69) is 48.1 Å². The number of hydrogen-bond acceptors (Lipinski definition) is 7. The van der Waals surface area contributed by atoms with Crippen LogP contribution >= 0.6 is 0 Å². The highest BCUT2D eigenvalue weighted by Gasteiger charge is 2.25. The third kappa shape index (κ3) is 6.42. The van der Waals surface area contributed by atoms with Crippen molar-refractivity contribution in [2.45, 2.75) is 51.6 Å². The number of ether oxygens (including phenoxy) is 3. The summed E-state index contributed by atoms with van der Waals surface area (Å²) in [5, 5.41) is 5.67. The zero-order chi connectivity index (χ0) is 25.8. The van der Waals surface area contributed by atoms with Crippen molar-refractivity contribution in [2.24, 2.45) is 11.8 Å². The molecule has 1 aliphatic carbocycles. The second kappa shape index (κ2) is 11.8. The quantitative estimate of drug-likeness (QED) is 0.337. The minimum atomic E-state index is 0.685. The Bertz CT molecular complexity index is 1190. The monoisotopic (exact) mass is 505 g/mol. The zero-order valence-corrected chi connectivity index (χ0v) is 22.8. The van der Waals surface area contributed by atoms with E-state index in [1.165, 1.54) is 45.2 Å². The number of rotatable bonds is 12. The Morgan fingerprint density at radius 1 is 1.00 bits per heavy atom. The van der Waals surface area contributed by atoms with Crippen molar-refractivity contribution in [1.82, 2.24) is 14.9 Å². The predicted octanol–water partition coefficient (Wildman–Crippen LogP) is 4.46. The van der Waals surface area contributed by atoms with Crippen LogP contribution in [-0.4, -0.2) is 63.8 Å². The zero-order valence-electron chi connectivity index (χ0n) is 22.8. The van der Waals surface area contributed by atoms with Crippen LogP contribution in [0.3, 0.4) is 0 Å². The van der Waals surface area contributed by atoms with Gasteiger partial charge in [0.15, 0.2) is 13.6 Å². The molecule has 8 heteroatoms. The van der Waals surface area contributed by atoms with E-state index in [9.17, 15) is 0 Å². The molecule has 7 nitrogen and oxygen atoms in total. The number of aromatic nitrogens is 1. The summed E-state index contributed by atoms with van der Waals surface area (Å²) in [4.78, 5) is 4.69. The predicted molar refractivity (Wildman–Crippen MR) is 148 cm³/mol. The SMILES string of the molecule is BN1CCC(CCc2noc3c(CN(C)Cc4ccc(OC)cc4OC)c(OCC4CC4)ccc23)CC1. The van der Waals surface area contributed by atoms with Crippen molar-refractivity contribution in [2.75, 3.05) is 41.0 Å². The molecule has 2 aromatic carbocycles. The van der Waals surface area contributed by atoms with Gasteiger partial charge in [0.05, 0.1) is 32.1 Å². The lowest BCUT2D eigenvalue weighted by Gasteiger charge is -2.29. The minimum Gasteiger partial charge on any atom is -0.497 e. The fourth-order valence-electron chi connectivity index (χ4n) is 5.34.